The first-order chi connectivity index (χ1) is 16.3. The van der Waals surface area contributed by atoms with E-state index >= 15 is 0 Å². The van der Waals surface area contributed by atoms with Crippen molar-refractivity contribution in [3.63, 3.8) is 0 Å². The van der Waals surface area contributed by atoms with Crippen LogP contribution in [-0.2, 0) is 20.8 Å². The summed E-state index contributed by atoms with van der Waals surface area (Å²) in [5, 5.41) is 13.1. The van der Waals surface area contributed by atoms with E-state index in [1.54, 1.807) is 12.3 Å². The molecule has 3 N–H and O–H groups in total. The van der Waals surface area contributed by atoms with Crippen LogP contribution >= 0.6 is 24.0 Å². The van der Waals surface area contributed by atoms with E-state index in [1.165, 1.54) is 16.7 Å². The fourth-order valence-corrected chi connectivity index (χ4v) is 5.02. The molecule has 3 aromatic rings. The molecule has 0 radical (unpaired) electrons. The van der Waals surface area contributed by atoms with Crippen LogP contribution in [0.1, 0.15) is 23.1 Å². The van der Waals surface area contributed by atoms with Crippen molar-refractivity contribution in [2.75, 3.05) is 6.54 Å². The van der Waals surface area contributed by atoms with Crippen LogP contribution in [0.2, 0.25) is 0 Å². The number of benzene rings is 2. The van der Waals surface area contributed by atoms with Crippen LogP contribution in [0.4, 0.5) is 0 Å². The summed E-state index contributed by atoms with van der Waals surface area (Å²) in [6.07, 6.45) is 3.63. The van der Waals surface area contributed by atoms with Crippen molar-refractivity contribution in [2.24, 2.45) is 0 Å². The number of aliphatic carboxylic acids is 1. The SMILES string of the molecule is Cc1ccc(C=C2SC(=S)N(CCC(=O)NC(Cc3c[nH]c4ccccc34)C(=O)O)C2=O)cc1. The van der Waals surface area contributed by atoms with Gasteiger partial charge in [0.15, 0.2) is 0 Å². The number of aromatic amines is 1. The lowest BCUT2D eigenvalue weighted by Gasteiger charge is -2.17. The van der Waals surface area contributed by atoms with E-state index < -0.39 is 17.9 Å². The zero-order chi connectivity index (χ0) is 24.2. The van der Waals surface area contributed by atoms with Crippen LogP contribution in [-0.4, -0.2) is 49.7 Å². The Bertz CT molecular complexity index is 1300. The number of carboxylic acids is 1. The smallest absolute Gasteiger partial charge is 0.326 e. The minimum Gasteiger partial charge on any atom is -0.480 e. The standard InChI is InChI=1S/C25H23N3O4S2/c1-15-6-8-16(9-7-15)12-21-23(30)28(25(33)34-21)11-10-22(29)27-20(24(31)32)13-17-14-26-19-5-3-2-4-18(17)19/h2-9,12,14,20,26H,10-11,13H2,1H3,(H,27,29)(H,31,32). The highest BCUT2D eigenvalue weighted by Gasteiger charge is 2.32. The van der Waals surface area contributed by atoms with Gasteiger partial charge in [0, 0.05) is 36.5 Å². The number of amides is 2. The Morgan fingerprint density at radius 1 is 1.21 bits per heavy atom. The summed E-state index contributed by atoms with van der Waals surface area (Å²) in [5.74, 6) is -1.83. The summed E-state index contributed by atoms with van der Waals surface area (Å²) in [6, 6.07) is 14.3. The predicted molar refractivity (Wildman–Crippen MR) is 137 cm³/mol. The lowest BCUT2D eigenvalue weighted by Crippen LogP contribution is -2.43. The second-order valence-electron chi connectivity index (χ2n) is 8.02. The molecule has 9 heteroatoms. The fourth-order valence-electron chi connectivity index (χ4n) is 3.71. The molecule has 2 aromatic carbocycles. The summed E-state index contributed by atoms with van der Waals surface area (Å²) >= 11 is 6.53. The molecule has 1 aliphatic rings. The Balaban J connectivity index is 1.36. The topological polar surface area (TPSA) is 102 Å². The number of carbonyl (C=O) groups excluding carboxylic acids is 2. The van der Waals surface area contributed by atoms with Gasteiger partial charge in [0.1, 0.15) is 10.4 Å². The lowest BCUT2D eigenvalue weighted by molar-refractivity contribution is -0.141. The van der Waals surface area contributed by atoms with E-state index in [4.69, 9.17) is 12.2 Å². The van der Waals surface area contributed by atoms with E-state index in [9.17, 15) is 19.5 Å². The number of nitrogens with zero attached hydrogens (tertiary/aromatic N) is 1. The zero-order valence-corrected chi connectivity index (χ0v) is 20.0. The third-order valence-corrected chi connectivity index (χ3v) is 6.92. The first kappa shape index (κ1) is 23.7. The minimum atomic E-state index is -1.12. The molecule has 1 aliphatic heterocycles. The molecule has 1 atom stereocenters. The normalized spacial score (nSPS) is 15.8. The van der Waals surface area contributed by atoms with Crippen molar-refractivity contribution in [3.05, 3.63) is 76.3 Å². The van der Waals surface area contributed by atoms with Gasteiger partial charge in [-0.2, -0.15) is 0 Å². The number of hydrogen-bond donors (Lipinski definition) is 3. The number of thioether (sulfide) groups is 1. The van der Waals surface area contributed by atoms with Crippen LogP contribution < -0.4 is 5.32 Å². The zero-order valence-electron chi connectivity index (χ0n) is 18.4. The van der Waals surface area contributed by atoms with Gasteiger partial charge in [-0.1, -0.05) is 72.0 Å². The predicted octanol–water partition coefficient (Wildman–Crippen LogP) is 3.88. The molecule has 0 spiro atoms. The summed E-state index contributed by atoms with van der Waals surface area (Å²) in [4.78, 5) is 42.1. The molecule has 0 saturated carbocycles. The fraction of sp³-hybridized carbons (Fsp3) is 0.200. The Hall–Kier alpha value is -3.43. The number of rotatable bonds is 8. The molecule has 0 bridgehead atoms. The first-order valence-corrected chi connectivity index (χ1v) is 11.9. The largest absolute Gasteiger partial charge is 0.480 e. The van der Waals surface area contributed by atoms with Gasteiger partial charge in [-0.3, -0.25) is 14.5 Å². The van der Waals surface area contributed by atoms with Crippen molar-refractivity contribution in [1.29, 1.82) is 0 Å². The highest BCUT2D eigenvalue weighted by molar-refractivity contribution is 8.26. The molecule has 34 heavy (non-hydrogen) atoms. The number of para-hydroxylation sites is 1. The van der Waals surface area contributed by atoms with Gasteiger partial charge in [0.2, 0.25) is 5.91 Å². The van der Waals surface area contributed by atoms with Crippen molar-refractivity contribution in [1.82, 2.24) is 15.2 Å². The van der Waals surface area contributed by atoms with Crippen molar-refractivity contribution in [3.8, 4) is 0 Å². The molecule has 1 aromatic heterocycles. The van der Waals surface area contributed by atoms with Crippen molar-refractivity contribution < 1.29 is 19.5 Å². The summed E-state index contributed by atoms with van der Waals surface area (Å²) in [5.41, 5.74) is 3.73. The maximum Gasteiger partial charge on any atom is 0.326 e. The summed E-state index contributed by atoms with van der Waals surface area (Å²) in [7, 11) is 0. The molecule has 1 unspecified atom stereocenters. The summed E-state index contributed by atoms with van der Waals surface area (Å²) in [6.45, 7) is 2.07. The average Bonchev–Trinajstić information content (AvgIpc) is 3.33. The highest BCUT2D eigenvalue weighted by Crippen LogP contribution is 2.32. The summed E-state index contributed by atoms with van der Waals surface area (Å²) < 4.78 is 0.379. The number of carboxylic acid groups (broad SMARTS) is 1. The molecule has 2 heterocycles. The van der Waals surface area contributed by atoms with Gasteiger partial charge in [0.25, 0.3) is 5.91 Å². The Morgan fingerprint density at radius 2 is 1.94 bits per heavy atom. The monoisotopic (exact) mass is 493 g/mol. The van der Waals surface area contributed by atoms with Crippen molar-refractivity contribution >= 4 is 63.1 Å². The molecular weight excluding hydrogens is 470 g/mol. The quantitative estimate of drug-likeness (QED) is 0.325. The molecule has 2 amide bonds. The Morgan fingerprint density at radius 3 is 2.68 bits per heavy atom. The van der Waals surface area contributed by atoms with Crippen molar-refractivity contribution in [2.45, 2.75) is 25.8 Å². The average molecular weight is 494 g/mol. The van der Waals surface area contributed by atoms with Gasteiger partial charge >= 0.3 is 5.97 Å². The number of hydrogen-bond acceptors (Lipinski definition) is 5. The minimum absolute atomic E-state index is 0.0537. The van der Waals surface area contributed by atoms with Gasteiger partial charge in [-0.15, -0.1) is 0 Å². The second kappa shape index (κ2) is 10.2. The van der Waals surface area contributed by atoms with Crippen LogP contribution in [0.25, 0.3) is 17.0 Å². The van der Waals surface area contributed by atoms with Gasteiger partial charge in [0.05, 0.1) is 4.91 Å². The maximum atomic E-state index is 12.8. The third-order valence-electron chi connectivity index (χ3n) is 5.54. The van der Waals surface area contributed by atoms with E-state index in [1.807, 2.05) is 55.5 Å². The van der Waals surface area contributed by atoms with Crippen LogP contribution in [0.3, 0.4) is 0 Å². The van der Waals surface area contributed by atoms with Gasteiger partial charge in [-0.05, 0) is 30.2 Å². The van der Waals surface area contributed by atoms with Gasteiger partial charge in [-0.25, -0.2) is 4.79 Å². The van der Waals surface area contributed by atoms with E-state index in [-0.39, 0.29) is 25.3 Å². The number of aryl methyl sites for hydroxylation is 1. The Kier molecular flexibility index (Phi) is 7.14. The number of thiocarbonyl (C=S) groups is 1. The Labute approximate surface area is 206 Å². The van der Waals surface area contributed by atoms with Gasteiger partial charge < -0.3 is 15.4 Å². The van der Waals surface area contributed by atoms with E-state index in [2.05, 4.69) is 10.3 Å². The second-order valence-corrected chi connectivity index (χ2v) is 9.69. The third kappa shape index (κ3) is 5.37. The van der Waals surface area contributed by atoms with E-state index in [0.29, 0.717) is 9.23 Å². The van der Waals surface area contributed by atoms with Crippen LogP contribution in [0.15, 0.2) is 59.6 Å². The molecule has 174 valence electrons. The first-order valence-electron chi connectivity index (χ1n) is 10.7. The lowest BCUT2D eigenvalue weighted by atomic mass is 10.0. The molecule has 1 saturated heterocycles. The number of aromatic nitrogens is 1. The number of nitrogens with one attached hydrogen (secondary N) is 2. The van der Waals surface area contributed by atoms with E-state index in [0.717, 1.165) is 27.6 Å². The molecule has 7 nitrogen and oxygen atoms in total. The van der Waals surface area contributed by atoms with Crippen LogP contribution in [0.5, 0.6) is 0 Å². The molecule has 4 rings (SSSR count). The maximum absolute atomic E-state index is 12.8. The number of carbonyl (C=O) groups is 3. The molecular formula is C25H23N3O4S2. The molecule has 1 fully saturated rings. The number of fused-ring (bicyclic) bond motifs is 1. The van der Waals surface area contributed by atoms with Crippen LogP contribution in [0, 0.1) is 6.92 Å². The highest BCUT2D eigenvalue weighted by atomic mass is 32.2. The number of H-pyrrole nitrogens is 1. The molecule has 0 aliphatic carbocycles.